The second kappa shape index (κ2) is 9.95. The number of unbranched alkanes of at least 4 members (excludes halogenated alkanes) is 1. The fourth-order valence-corrected chi connectivity index (χ4v) is 5.17. The number of carbonyl (C=O) groups excluding carboxylic acids is 5. The topological polar surface area (TPSA) is 134 Å². The summed E-state index contributed by atoms with van der Waals surface area (Å²) in [6, 6.07) is 0.314. The molecule has 3 heterocycles. The largest absolute Gasteiger partial charge is 0.356 e. The highest BCUT2D eigenvalue weighted by Gasteiger charge is 2.42. The van der Waals surface area contributed by atoms with E-state index in [0.717, 1.165) is 25.0 Å². The van der Waals surface area contributed by atoms with E-state index in [9.17, 15) is 24.0 Å². The van der Waals surface area contributed by atoms with Gasteiger partial charge in [-0.1, -0.05) is 6.42 Å². The summed E-state index contributed by atoms with van der Waals surface area (Å²) in [5.74, 6) is -0.818. The van der Waals surface area contributed by atoms with E-state index in [1.807, 2.05) is 11.8 Å². The number of rotatable bonds is 10. The molecule has 3 aliphatic heterocycles. The number of fused-ring (bicyclic) bond motifs is 1. The van der Waals surface area contributed by atoms with Gasteiger partial charge in [-0.05, 0) is 19.3 Å². The van der Waals surface area contributed by atoms with Crippen LogP contribution in [0.5, 0.6) is 0 Å². The summed E-state index contributed by atoms with van der Waals surface area (Å²) in [4.78, 5) is 62.4. The Bertz CT molecular complexity index is 671. The summed E-state index contributed by atoms with van der Waals surface area (Å²) < 4.78 is 0. The van der Waals surface area contributed by atoms with Gasteiger partial charge in [0.15, 0.2) is 0 Å². The Morgan fingerprint density at radius 1 is 1.07 bits per heavy atom. The van der Waals surface area contributed by atoms with Gasteiger partial charge in [-0.2, -0.15) is 11.8 Å². The molecule has 0 radical (unpaired) electrons. The number of urea groups is 1. The Hall–Kier alpha value is -2.30. The highest BCUT2D eigenvalue weighted by Crippen LogP contribution is 2.33. The molecule has 11 heteroatoms. The van der Waals surface area contributed by atoms with Gasteiger partial charge in [-0.25, -0.2) is 9.59 Å². The second-order valence-electron chi connectivity index (χ2n) is 7.37. The third kappa shape index (κ3) is 5.84. The van der Waals surface area contributed by atoms with Gasteiger partial charge in [0.1, 0.15) is 0 Å². The van der Waals surface area contributed by atoms with E-state index in [4.69, 9.17) is 4.84 Å². The predicted octanol–water partition coefficient (Wildman–Crippen LogP) is 0.216. The minimum Gasteiger partial charge on any atom is -0.356 e. The fraction of sp³-hybridized carbons (Fsp3) is 0.722. The smallest absolute Gasteiger partial charge is 0.333 e. The van der Waals surface area contributed by atoms with Crippen LogP contribution < -0.4 is 16.0 Å². The molecule has 0 saturated carbocycles. The molecule has 0 spiro atoms. The lowest BCUT2D eigenvalue weighted by Gasteiger charge is -2.16. The van der Waals surface area contributed by atoms with Crippen LogP contribution >= 0.6 is 11.8 Å². The number of hydrogen-bond donors (Lipinski definition) is 3. The lowest BCUT2D eigenvalue weighted by molar-refractivity contribution is -0.197. The monoisotopic (exact) mass is 426 g/mol. The van der Waals surface area contributed by atoms with Gasteiger partial charge in [0.25, 0.3) is 11.8 Å². The maximum Gasteiger partial charge on any atom is 0.333 e. The van der Waals surface area contributed by atoms with Gasteiger partial charge in [-0.3, -0.25) is 14.4 Å². The molecule has 0 aromatic heterocycles. The quantitative estimate of drug-likeness (QED) is 0.258. The molecule has 0 aromatic rings. The summed E-state index contributed by atoms with van der Waals surface area (Å²) in [7, 11) is 0. The Morgan fingerprint density at radius 2 is 1.83 bits per heavy atom. The van der Waals surface area contributed by atoms with Crippen molar-refractivity contribution in [3.63, 3.8) is 0 Å². The first-order chi connectivity index (χ1) is 13.9. The van der Waals surface area contributed by atoms with Crippen LogP contribution in [0.25, 0.3) is 0 Å². The first-order valence-electron chi connectivity index (χ1n) is 9.96. The van der Waals surface area contributed by atoms with E-state index >= 15 is 0 Å². The van der Waals surface area contributed by atoms with Crippen LogP contribution in [0.2, 0.25) is 0 Å². The van der Waals surface area contributed by atoms with Gasteiger partial charge in [0.05, 0.1) is 12.1 Å². The Kier molecular flexibility index (Phi) is 7.34. The number of thioether (sulfide) groups is 1. The van der Waals surface area contributed by atoms with E-state index < -0.39 is 17.8 Å². The molecular formula is C18H26N4O6S. The van der Waals surface area contributed by atoms with Crippen LogP contribution in [0, 0.1) is 0 Å². The predicted molar refractivity (Wildman–Crippen MR) is 103 cm³/mol. The molecule has 3 fully saturated rings. The molecule has 5 amide bonds. The van der Waals surface area contributed by atoms with Crippen molar-refractivity contribution in [1.82, 2.24) is 21.0 Å². The van der Waals surface area contributed by atoms with E-state index in [1.165, 1.54) is 0 Å². The number of nitrogens with one attached hydrogen (secondary N) is 3. The van der Waals surface area contributed by atoms with Crippen molar-refractivity contribution in [3.05, 3.63) is 0 Å². The maximum absolute atomic E-state index is 11.9. The molecule has 3 rings (SSSR count). The fourth-order valence-electron chi connectivity index (χ4n) is 3.63. The third-order valence-corrected chi connectivity index (χ3v) is 6.67. The lowest BCUT2D eigenvalue weighted by Crippen LogP contribution is -2.36. The van der Waals surface area contributed by atoms with Crippen LogP contribution in [0.1, 0.15) is 51.4 Å². The van der Waals surface area contributed by atoms with Crippen molar-refractivity contribution in [3.8, 4) is 0 Å². The van der Waals surface area contributed by atoms with Gasteiger partial charge in [0, 0.05) is 43.2 Å². The van der Waals surface area contributed by atoms with Crippen molar-refractivity contribution < 1.29 is 28.8 Å². The zero-order chi connectivity index (χ0) is 20.8. The number of hydrogen-bond acceptors (Lipinski definition) is 7. The maximum atomic E-state index is 11.9. The van der Waals surface area contributed by atoms with Crippen molar-refractivity contribution >= 4 is 41.5 Å². The Balaban J connectivity index is 1.20. The lowest BCUT2D eigenvalue weighted by atomic mass is 10.0. The van der Waals surface area contributed by atoms with E-state index in [-0.39, 0.29) is 43.3 Å². The first kappa shape index (κ1) is 21.4. The SMILES string of the molecule is O=C(CCCC[C@@H]1SC[C@H]2NC(=O)N[C@H]12)NCCCC(=O)ON1C(=O)CCC1=O. The Labute approximate surface area is 172 Å². The zero-order valence-corrected chi connectivity index (χ0v) is 16.9. The minimum absolute atomic E-state index is 0.0125. The zero-order valence-electron chi connectivity index (χ0n) is 16.1. The highest BCUT2D eigenvalue weighted by atomic mass is 32.2. The summed E-state index contributed by atoms with van der Waals surface area (Å²) in [6.45, 7) is 0.329. The van der Waals surface area contributed by atoms with Crippen LogP contribution in [-0.4, -0.2) is 64.4 Å². The number of amides is 5. The van der Waals surface area contributed by atoms with Crippen molar-refractivity contribution in [2.24, 2.45) is 0 Å². The Morgan fingerprint density at radius 3 is 2.59 bits per heavy atom. The molecule has 3 N–H and O–H groups in total. The molecule has 0 bridgehead atoms. The summed E-state index contributed by atoms with van der Waals surface area (Å²) in [6.07, 6.45) is 3.56. The molecule has 0 aliphatic carbocycles. The van der Waals surface area contributed by atoms with Gasteiger partial charge in [-0.15, -0.1) is 5.06 Å². The number of imide groups is 1. The second-order valence-corrected chi connectivity index (χ2v) is 8.64. The summed E-state index contributed by atoms with van der Waals surface area (Å²) in [5, 5.41) is 9.54. The van der Waals surface area contributed by atoms with E-state index in [2.05, 4.69) is 16.0 Å². The van der Waals surface area contributed by atoms with Crippen LogP contribution in [-0.2, 0) is 24.0 Å². The van der Waals surface area contributed by atoms with Crippen LogP contribution in [0.15, 0.2) is 0 Å². The third-order valence-electron chi connectivity index (χ3n) is 5.16. The number of nitrogens with zero attached hydrogens (tertiary/aromatic N) is 1. The highest BCUT2D eigenvalue weighted by molar-refractivity contribution is 8.00. The van der Waals surface area contributed by atoms with Crippen LogP contribution in [0.4, 0.5) is 4.79 Å². The first-order valence-corrected chi connectivity index (χ1v) is 11.0. The van der Waals surface area contributed by atoms with Gasteiger partial charge >= 0.3 is 12.0 Å². The van der Waals surface area contributed by atoms with Crippen molar-refractivity contribution in [1.29, 1.82) is 0 Å². The molecule has 0 aromatic carbocycles. The summed E-state index contributed by atoms with van der Waals surface area (Å²) >= 11 is 1.86. The molecule has 3 saturated heterocycles. The number of carbonyl (C=O) groups is 5. The average molecular weight is 426 g/mol. The van der Waals surface area contributed by atoms with E-state index in [0.29, 0.717) is 29.7 Å². The molecule has 3 aliphatic rings. The van der Waals surface area contributed by atoms with Gasteiger partial charge in [0.2, 0.25) is 5.91 Å². The minimum atomic E-state index is -0.663. The molecule has 0 unspecified atom stereocenters. The molecular weight excluding hydrogens is 400 g/mol. The standard InChI is InChI=1S/C18H26N4O6S/c23-13(5-2-1-4-12-17-11(10-29-12)20-18(27)21-17)19-9-3-6-16(26)28-22-14(24)7-8-15(22)25/h11-12,17H,1-10H2,(H,19,23)(H2,20,21,27)/t11-,12+,17+/m1/s1. The van der Waals surface area contributed by atoms with Crippen molar-refractivity contribution in [2.45, 2.75) is 68.7 Å². The molecule has 10 nitrogen and oxygen atoms in total. The molecule has 3 atom stereocenters. The molecule has 29 heavy (non-hydrogen) atoms. The van der Waals surface area contributed by atoms with Crippen LogP contribution in [0.3, 0.4) is 0 Å². The molecule has 160 valence electrons. The average Bonchev–Trinajstić information content (AvgIpc) is 3.32. The van der Waals surface area contributed by atoms with Crippen molar-refractivity contribution in [2.75, 3.05) is 12.3 Å². The summed E-state index contributed by atoms with van der Waals surface area (Å²) in [5.41, 5.74) is 0. The number of hydroxylamine groups is 2. The van der Waals surface area contributed by atoms with E-state index in [1.54, 1.807) is 0 Å². The normalized spacial score (nSPS) is 25.6. The van der Waals surface area contributed by atoms with Gasteiger partial charge < -0.3 is 20.8 Å².